The van der Waals surface area contributed by atoms with E-state index in [4.69, 9.17) is 0 Å². The van der Waals surface area contributed by atoms with Crippen LogP contribution in [0.1, 0.15) is 46.2 Å². The van der Waals surface area contributed by atoms with Crippen molar-refractivity contribution in [3.05, 3.63) is 11.9 Å². The molecule has 0 radical (unpaired) electrons. The Morgan fingerprint density at radius 1 is 1.29 bits per heavy atom. The van der Waals surface area contributed by atoms with E-state index in [2.05, 4.69) is 54.9 Å². The van der Waals surface area contributed by atoms with Crippen molar-refractivity contribution in [2.45, 2.75) is 64.2 Å². The maximum atomic E-state index is 4.47. The summed E-state index contributed by atoms with van der Waals surface area (Å²) >= 11 is 0. The Kier molecular flexibility index (Phi) is 4.36. The Bertz CT molecular complexity index is 471. The Morgan fingerprint density at radius 2 is 1.86 bits per heavy atom. The predicted molar refractivity (Wildman–Crippen MR) is 88.7 cm³/mol. The smallest absolute Gasteiger partial charge is 0.204 e. The molecule has 1 aliphatic rings. The Hall–Kier alpha value is -1.07. The molecular formula is C16H31N5. The van der Waals surface area contributed by atoms with Gasteiger partial charge in [0.1, 0.15) is 0 Å². The highest BCUT2D eigenvalue weighted by Gasteiger charge is 2.37. The summed E-state index contributed by atoms with van der Waals surface area (Å²) in [6, 6.07) is 0.536. The third kappa shape index (κ3) is 3.98. The van der Waals surface area contributed by atoms with Crippen LogP contribution in [0, 0.1) is 0 Å². The molecule has 1 saturated heterocycles. The fourth-order valence-electron chi connectivity index (χ4n) is 3.73. The third-order valence-corrected chi connectivity index (χ3v) is 4.22. The van der Waals surface area contributed by atoms with Crippen LogP contribution in [-0.4, -0.2) is 40.8 Å². The fraction of sp³-hybridized carbons (Fsp3) is 0.812. The predicted octanol–water partition coefficient (Wildman–Crippen LogP) is 1.88. The summed E-state index contributed by atoms with van der Waals surface area (Å²) in [6.07, 6.45) is 4.27. The molecular weight excluding hydrogens is 262 g/mol. The van der Waals surface area contributed by atoms with E-state index < -0.39 is 0 Å². The molecule has 0 bridgehead atoms. The van der Waals surface area contributed by atoms with E-state index in [1.165, 1.54) is 5.69 Å². The summed E-state index contributed by atoms with van der Waals surface area (Å²) in [5.41, 5.74) is 1.59. The largest absolute Gasteiger partial charge is 0.348 e. The van der Waals surface area contributed by atoms with Crippen molar-refractivity contribution in [3.8, 4) is 0 Å². The lowest BCUT2D eigenvalue weighted by molar-refractivity contribution is 0.145. The number of nitrogens with one attached hydrogen (secondary N) is 2. The zero-order valence-corrected chi connectivity index (χ0v) is 14.6. The fourth-order valence-corrected chi connectivity index (χ4v) is 3.73. The summed E-state index contributed by atoms with van der Waals surface area (Å²) in [7, 11) is 6.13. The average molecular weight is 293 g/mol. The number of hydrogen-bond acceptors (Lipinski definition) is 4. The van der Waals surface area contributed by atoms with Crippen LogP contribution in [0.15, 0.2) is 6.20 Å². The number of anilines is 1. The molecule has 5 heteroatoms. The van der Waals surface area contributed by atoms with Crippen molar-refractivity contribution in [3.63, 3.8) is 0 Å². The Labute approximate surface area is 129 Å². The quantitative estimate of drug-likeness (QED) is 0.890. The van der Waals surface area contributed by atoms with Crippen molar-refractivity contribution in [1.29, 1.82) is 0 Å². The first-order chi connectivity index (χ1) is 9.60. The minimum Gasteiger partial charge on any atom is -0.348 e. The molecule has 1 aromatic heterocycles. The molecule has 2 heterocycles. The molecule has 0 aromatic carbocycles. The van der Waals surface area contributed by atoms with Crippen LogP contribution >= 0.6 is 0 Å². The Morgan fingerprint density at radius 3 is 2.33 bits per heavy atom. The van der Waals surface area contributed by atoms with Crippen LogP contribution in [0.5, 0.6) is 0 Å². The van der Waals surface area contributed by atoms with E-state index in [0.29, 0.717) is 6.04 Å². The highest BCUT2D eigenvalue weighted by molar-refractivity contribution is 5.30. The maximum absolute atomic E-state index is 4.47. The number of nitrogens with zero attached hydrogens (tertiary/aromatic N) is 3. The van der Waals surface area contributed by atoms with Gasteiger partial charge in [0.25, 0.3) is 0 Å². The number of rotatable bonds is 4. The number of aromatic nitrogens is 2. The SMILES string of the molecule is CN(C)c1ncc(CNC2CC(C)(C)NC(C)(C)C2)n1C. The monoisotopic (exact) mass is 293 g/mol. The Balaban J connectivity index is 2.00. The second-order valence-electron chi connectivity index (χ2n) is 7.88. The molecule has 0 aliphatic carbocycles. The third-order valence-electron chi connectivity index (χ3n) is 4.22. The molecule has 1 fully saturated rings. The van der Waals surface area contributed by atoms with Crippen molar-refractivity contribution >= 4 is 5.95 Å². The van der Waals surface area contributed by atoms with Crippen LogP contribution < -0.4 is 15.5 Å². The van der Waals surface area contributed by atoms with Gasteiger partial charge < -0.3 is 20.1 Å². The first kappa shape index (κ1) is 16.3. The molecule has 0 saturated carbocycles. The minimum absolute atomic E-state index is 0.181. The molecule has 5 nitrogen and oxygen atoms in total. The van der Waals surface area contributed by atoms with Crippen molar-refractivity contribution in [1.82, 2.24) is 20.2 Å². The lowest BCUT2D eigenvalue weighted by Crippen LogP contribution is -2.61. The van der Waals surface area contributed by atoms with E-state index >= 15 is 0 Å². The van der Waals surface area contributed by atoms with Gasteiger partial charge in [-0.3, -0.25) is 0 Å². The number of piperidine rings is 1. The maximum Gasteiger partial charge on any atom is 0.204 e. The lowest BCUT2D eigenvalue weighted by Gasteiger charge is -2.46. The second kappa shape index (κ2) is 5.61. The normalized spacial score (nSPS) is 21.5. The summed E-state index contributed by atoms with van der Waals surface area (Å²) in [5.74, 6) is 0.998. The molecule has 120 valence electrons. The van der Waals surface area contributed by atoms with Crippen LogP contribution in [0.2, 0.25) is 0 Å². The van der Waals surface area contributed by atoms with Crippen LogP contribution in [0.4, 0.5) is 5.95 Å². The van der Waals surface area contributed by atoms with Crippen molar-refractivity contribution < 1.29 is 0 Å². The molecule has 2 rings (SSSR count). The van der Waals surface area contributed by atoms with Crippen LogP contribution in [0.25, 0.3) is 0 Å². The van der Waals surface area contributed by atoms with E-state index in [1.807, 2.05) is 25.2 Å². The van der Waals surface area contributed by atoms with Crippen LogP contribution in [-0.2, 0) is 13.6 Å². The van der Waals surface area contributed by atoms with Gasteiger partial charge in [-0.05, 0) is 40.5 Å². The number of imidazole rings is 1. The average Bonchev–Trinajstić information content (AvgIpc) is 2.64. The zero-order valence-electron chi connectivity index (χ0n) is 14.6. The summed E-state index contributed by atoms with van der Waals surface area (Å²) < 4.78 is 2.16. The van der Waals surface area contributed by atoms with E-state index in [1.54, 1.807) is 0 Å². The first-order valence-electron chi connectivity index (χ1n) is 7.80. The minimum atomic E-state index is 0.181. The van der Waals surface area contributed by atoms with Gasteiger partial charge in [0.05, 0.1) is 11.9 Å². The molecule has 0 spiro atoms. The molecule has 21 heavy (non-hydrogen) atoms. The van der Waals surface area contributed by atoms with Gasteiger partial charge >= 0.3 is 0 Å². The van der Waals surface area contributed by atoms with Gasteiger partial charge in [0.15, 0.2) is 0 Å². The van der Waals surface area contributed by atoms with Gasteiger partial charge in [-0.1, -0.05) is 0 Å². The van der Waals surface area contributed by atoms with Gasteiger partial charge in [-0.25, -0.2) is 4.98 Å². The van der Waals surface area contributed by atoms with E-state index in [9.17, 15) is 0 Å². The molecule has 0 atom stereocenters. The second-order valence-corrected chi connectivity index (χ2v) is 7.88. The highest BCUT2D eigenvalue weighted by atomic mass is 15.3. The van der Waals surface area contributed by atoms with Gasteiger partial charge in [0.2, 0.25) is 5.95 Å². The lowest BCUT2D eigenvalue weighted by atomic mass is 9.79. The van der Waals surface area contributed by atoms with Gasteiger partial charge in [0, 0.05) is 44.8 Å². The summed E-state index contributed by atoms with van der Waals surface area (Å²) in [6.45, 7) is 10.0. The molecule has 1 aliphatic heterocycles. The van der Waals surface area contributed by atoms with Gasteiger partial charge in [-0.15, -0.1) is 0 Å². The molecule has 0 unspecified atom stereocenters. The van der Waals surface area contributed by atoms with Crippen molar-refractivity contribution in [2.75, 3.05) is 19.0 Å². The topological polar surface area (TPSA) is 45.1 Å². The van der Waals surface area contributed by atoms with E-state index in [-0.39, 0.29) is 11.1 Å². The standard InChI is InChI=1S/C16H31N5/c1-15(2)8-12(9-16(3,4)19-15)17-10-13-11-18-14(20(5)6)21(13)7/h11-12,17,19H,8-10H2,1-7H3. The summed E-state index contributed by atoms with van der Waals surface area (Å²) in [5, 5.41) is 7.45. The summed E-state index contributed by atoms with van der Waals surface area (Å²) in [4.78, 5) is 6.51. The van der Waals surface area contributed by atoms with Crippen molar-refractivity contribution in [2.24, 2.45) is 7.05 Å². The van der Waals surface area contributed by atoms with Crippen LogP contribution in [0.3, 0.4) is 0 Å². The van der Waals surface area contributed by atoms with Gasteiger partial charge in [-0.2, -0.15) is 0 Å². The molecule has 0 amide bonds. The molecule has 2 N–H and O–H groups in total. The first-order valence-corrected chi connectivity index (χ1v) is 7.80. The van der Waals surface area contributed by atoms with E-state index in [0.717, 1.165) is 25.3 Å². The number of hydrogen-bond donors (Lipinski definition) is 2. The highest BCUT2D eigenvalue weighted by Crippen LogP contribution is 2.28. The molecule has 1 aromatic rings. The zero-order chi connectivity index (χ0) is 15.8.